The smallest absolute Gasteiger partial charge is 0.410 e. The van der Waals surface area contributed by atoms with Crippen LogP contribution in [0.1, 0.15) is 42.6 Å². The van der Waals surface area contributed by atoms with Crippen molar-refractivity contribution < 1.29 is 23.1 Å². The highest BCUT2D eigenvalue weighted by molar-refractivity contribution is 6.03. The summed E-state index contributed by atoms with van der Waals surface area (Å²) in [4.78, 5) is 43.0. The summed E-state index contributed by atoms with van der Waals surface area (Å²) in [5.74, 6) is -3.53. The molecule has 0 unspecified atom stereocenters. The lowest BCUT2D eigenvalue weighted by molar-refractivity contribution is -0.0441. The number of carbonyl (C=O) groups is 2. The van der Waals surface area contributed by atoms with E-state index in [9.17, 15) is 9.59 Å². The molecule has 4 aromatic heterocycles. The number of alkyl halides is 2. The van der Waals surface area contributed by atoms with Crippen molar-refractivity contribution in [2.75, 3.05) is 31.3 Å². The number of nitrogens with zero attached hydrogens (tertiary/aromatic N) is 5. The Morgan fingerprint density at radius 3 is 2.49 bits per heavy atom. The van der Waals surface area contributed by atoms with Crippen LogP contribution in [0.2, 0.25) is 0 Å². The summed E-state index contributed by atoms with van der Waals surface area (Å²) in [6, 6.07) is 9.23. The highest BCUT2D eigenvalue weighted by Gasteiger charge is 2.37. The van der Waals surface area contributed by atoms with E-state index in [1.54, 1.807) is 46.3 Å². The van der Waals surface area contributed by atoms with Crippen molar-refractivity contribution in [2.45, 2.75) is 39.2 Å². The Hall–Kier alpha value is -4.74. The van der Waals surface area contributed by atoms with Gasteiger partial charge in [-0.3, -0.25) is 14.8 Å². The minimum absolute atomic E-state index is 0.219. The average molecular weight is 564 g/mol. The fourth-order valence-electron chi connectivity index (χ4n) is 3.94. The van der Waals surface area contributed by atoms with Gasteiger partial charge in [-0.25, -0.2) is 14.8 Å². The Bertz CT molecular complexity index is 1610. The van der Waals surface area contributed by atoms with Gasteiger partial charge in [0.05, 0.1) is 23.9 Å². The van der Waals surface area contributed by atoms with E-state index in [-0.39, 0.29) is 5.69 Å². The number of ether oxygens (including phenoxy) is 1. The molecular formula is C29H31F2N7O3. The zero-order valence-corrected chi connectivity index (χ0v) is 23.6. The van der Waals surface area contributed by atoms with Crippen molar-refractivity contribution in [3.63, 3.8) is 0 Å². The van der Waals surface area contributed by atoms with Crippen LogP contribution in [-0.2, 0) is 10.7 Å². The Balaban J connectivity index is 1.52. The Morgan fingerprint density at radius 1 is 1.02 bits per heavy atom. The highest BCUT2D eigenvalue weighted by atomic mass is 19.3. The minimum Gasteiger partial charge on any atom is -0.444 e. The molecule has 0 aliphatic rings. The molecule has 0 radical (unpaired) electrons. The molecular weight excluding hydrogens is 532 g/mol. The van der Waals surface area contributed by atoms with E-state index in [4.69, 9.17) is 4.74 Å². The molecule has 0 fully saturated rings. The zero-order valence-electron chi connectivity index (χ0n) is 23.6. The van der Waals surface area contributed by atoms with Gasteiger partial charge >= 0.3 is 12.0 Å². The molecule has 2 N–H and O–H groups in total. The summed E-state index contributed by atoms with van der Waals surface area (Å²) in [6.07, 6.45) is 4.00. The molecule has 4 heterocycles. The van der Waals surface area contributed by atoms with E-state index >= 15 is 8.78 Å². The zero-order chi connectivity index (χ0) is 29.9. The number of pyridine rings is 4. The third kappa shape index (κ3) is 7.07. The van der Waals surface area contributed by atoms with Gasteiger partial charge in [-0.2, -0.15) is 8.78 Å². The van der Waals surface area contributed by atoms with E-state index in [2.05, 4.69) is 30.6 Å². The summed E-state index contributed by atoms with van der Waals surface area (Å²) in [5, 5.41) is 6.48. The number of anilines is 2. The number of aromatic nitrogens is 4. The lowest BCUT2D eigenvalue weighted by Gasteiger charge is -2.27. The molecule has 0 aliphatic heterocycles. The lowest BCUT2D eigenvalue weighted by atomic mass is 10.0. The number of hydrogen-bond donors (Lipinski definition) is 2. The van der Waals surface area contributed by atoms with Gasteiger partial charge in [0.2, 0.25) is 0 Å². The van der Waals surface area contributed by atoms with Gasteiger partial charge in [0.25, 0.3) is 5.91 Å². The van der Waals surface area contributed by atoms with Crippen LogP contribution in [0.5, 0.6) is 0 Å². The first-order chi connectivity index (χ1) is 19.3. The molecule has 0 aromatic carbocycles. The summed E-state index contributed by atoms with van der Waals surface area (Å²) in [7, 11) is 2.99. The Labute approximate surface area is 236 Å². The van der Waals surface area contributed by atoms with Crippen LogP contribution in [0, 0.1) is 6.92 Å². The average Bonchev–Trinajstić information content (AvgIpc) is 2.92. The SMILES string of the molecule is CNc1cc2ncc(-c3cc(NC(=O)c4cccc(C(F)(F)CN(C)C(=O)OC(C)(C)C)n4)cnc3C)cc2cn1. The molecule has 4 aromatic rings. The standard InChI is InChI=1S/C29H31F2N7O3/c1-17-21(18-10-19-14-35-25(32-5)12-23(19)34-13-18)11-20(15-33-17)36-26(39)22-8-7-9-24(37-22)29(30,31)16-38(6)27(40)41-28(2,3)4/h7-15H,16H2,1-6H3,(H,32,35)(H,36,39). The summed E-state index contributed by atoms with van der Waals surface area (Å²) in [6.45, 7) is 5.78. The Kier molecular flexibility index (Phi) is 8.13. The number of amides is 2. The van der Waals surface area contributed by atoms with Crippen LogP contribution >= 0.6 is 0 Å². The lowest BCUT2D eigenvalue weighted by Crippen LogP contribution is -2.40. The molecule has 214 valence electrons. The van der Waals surface area contributed by atoms with Crippen LogP contribution in [0.25, 0.3) is 22.0 Å². The van der Waals surface area contributed by atoms with Gasteiger partial charge in [-0.1, -0.05) is 6.07 Å². The van der Waals surface area contributed by atoms with Crippen molar-refractivity contribution in [3.05, 3.63) is 72.1 Å². The van der Waals surface area contributed by atoms with Gasteiger partial charge in [-0.15, -0.1) is 0 Å². The van der Waals surface area contributed by atoms with E-state index in [0.29, 0.717) is 17.2 Å². The predicted octanol–water partition coefficient (Wildman–Crippen LogP) is 5.65. The number of hydrogen-bond acceptors (Lipinski definition) is 8. The van der Waals surface area contributed by atoms with Crippen molar-refractivity contribution in [3.8, 4) is 11.1 Å². The van der Waals surface area contributed by atoms with Crippen LogP contribution in [0.15, 0.2) is 55.0 Å². The molecule has 0 saturated heterocycles. The maximum absolute atomic E-state index is 15.0. The largest absolute Gasteiger partial charge is 0.444 e. The summed E-state index contributed by atoms with van der Waals surface area (Å²) >= 11 is 0. The van der Waals surface area contributed by atoms with Crippen molar-refractivity contribution in [1.82, 2.24) is 24.8 Å². The molecule has 4 rings (SSSR count). The van der Waals surface area contributed by atoms with Crippen LogP contribution in [0.3, 0.4) is 0 Å². The van der Waals surface area contributed by atoms with Gasteiger partial charge in [0.15, 0.2) is 0 Å². The molecule has 0 spiro atoms. The molecule has 10 nitrogen and oxygen atoms in total. The topological polar surface area (TPSA) is 122 Å². The van der Waals surface area contributed by atoms with Crippen LogP contribution in [-0.4, -0.2) is 63.1 Å². The van der Waals surface area contributed by atoms with Crippen LogP contribution < -0.4 is 10.6 Å². The number of fused-ring (bicyclic) bond motifs is 1. The van der Waals surface area contributed by atoms with Gasteiger partial charge in [0.1, 0.15) is 22.8 Å². The quantitative estimate of drug-likeness (QED) is 0.296. The first-order valence-electron chi connectivity index (χ1n) is 12.8. The first kappa shape index (κ1) is 29.2. The van der Waals surface area contributed by atoms with Gasteiger partial charge in [0, 0.05) is 54.8 Å². The number of rotatable bonds is 7. The monoisotopic (exact) mass is 563 g/mol. The number of halogens is 2. The first-order valence-corrected chi connectivity index (χ1v) is 12.8. The number of nitrogens with one attached hydrogen (secondary N) is 2. The molecule has 0 atom stereocenters. The third-order valence-corrected chi connectivity index (χ3v) is 5.97. The number of carbonyl (C=O) groups excluding carboxylic acids is 2. The predicted molar refractivity (Wildman–Crippen MR) is 152 cm³/mol. The molecule has 0 bridgehead atoms. The number of aryl methyl sites for hydroxylation is 1. The second kappa shape index (κ2) is 11.4. The van der Waals surface area contributed by atoms with Gasteiger partial charge < -0.3 is 20.3 Å². The van der Waals surface area contributed by atoms with E-state index in [0.717, 1.165) is 33.0 Å². The molecule has 12 heteroatoms. The molecule has 41 heavy (non-hydrogen) atoms. The van der Waals surface area contributed by atoms with E-state index < -0.39 is 35.8 Å². The van der Waals surface area contributed by atoms with Crippen molar-refractivity contribution in [2.24, 2.45) is 0 Å². The second-order valence-corrected chi connectivity index (χ2v) is 10.5. The summed E-state index contributed by atoms with van der Waals surface area (Å²) in [5.41, 5.74) is 1.62. The maximum Gasteiger partial charge on any atom is 0.410 e. The Morgan fingerprint density at radius 2 is 1.78 bits per heavy atom. The van der Waals surface area contributed by atoms with Crippen molar-refractivity contribution in [1.29, 1.82) is 0 Å². The van der Waals surface area contributed by atoms with Crippen molar-refractivity contribution >= 4 is 34.4 Å². The fourth-order valence-corrected chi connectivity index (χ4v) is 3.94. The fraction of sp³-hybridized carbons (Fsp3) is 0.310. The normalized spacial score (nSPS) is 11.7. The highest BCUT2D eigenvalue weighted by Crippen LogP contribution is 2.29. The second-order valence-electron chi connectivity index (χ2n) is 10.5. The third-order valence-electron chi connectivity index (χ3n) is 5.97. The van der Waals surface area contributed by atoms with Gasteiger partial charge in [-0.05, 0) is 52.0 Å². The molecule has 0 aliphatic carbocycles. The summed E-state index contributed by atoms with van der Waals surface area (Å²) < 4.78 is 35.2. The number of likely N-dealkylation sites (N-methyl/N-ethyl adjacent to an activating group) is 1. The molecule has 2 amide bonds. The minimum atomic E-state index is -3.54. The maximum atomic E-state index is 15.0. The van der Waals surface area contributed by atoms with E-state index in [1.807, 2.05) is 19.1 Å². The van der Waals surface area contributed by atoms with E-state index in [1.165, 1.54) is 25.4 Å². The molecule has 0 saturated carbocycles. The van der Waals surface area contributed by atoms with Crippen LogP contribution in [0.4, 0.5) is 25.1 Å².